The molecule has 6 rings (SSSR count). The lowest BCUT2D eigenvalue weighted by molar-refractivity contribution is -0.138. The van der Waals surface area contributed by atoms with E-state index in [1.807, 2.05) is 24.3 Å². The number of fused-ring (bicyclic) bond motifs is 4. The first-order chi connectivity index (χ1) is 19.3. The van der Waals surface area contributed by atoms with Gasteiger partial charge in [0.2, 0.25) is 15.9 Å². The lowest BCUT2D eigenvalue weighted by Crippen LogP contribution is -2.56. The van der Waals surface area contributed by atoms with E-state index in [2.05, 4.69) is 10.2 Å². The van der Waals surface area contributed by atoms with Crippen molar-refractivity contribution in [1.29, 1.82) is 0 Å². The van der Waals surface area contributed by atoms with Gasteiger partial charge in [0.05, 0.1) is 23.5 Å². The Morgan fingerprint density at radius 1 is 0.975 bits per heavy atom. The Kier molecular flexibility index (Phi) is 6.92. The number of sulfonamides is 1. The van der Waals surface area contributed by atoms with Gasteiger partial charge in [-0.1, -0.05) is 30.3 Å². The molecule has 3 saturated heterocycles. The molecule has 4 aliphatic heterocycles. The van der Waals surface area contributed by atoms with E-state index in [9.17, 15) is 22.8 Å². The fourth-order valence-electron chi connectivity index (χ4n) is 7.24. The second-order valence-corrected chi connectivity index (χ2v) is 12.8. The van der Waals surface area contributed by atoms with E-state index < -0.39 is 27.4 Å². The Balaban J connectivity index is 1.36. The Hall–Kier alpha value is -3.28. The van der Waals surface area contributed by atoms with Gasteiger partial charge in [-0.25, -0.2) is 13.2 Å². The number of amides is 2. The number of hydrogen-bond acceptors (Lipinski definition) is 7. The lowest BCUT2D eigenvalue weighted by Gasteiger charge is -2.37. The number of para-hydroxylation sites is 1. The predicted octanol–water partition coefficient (Wildman–Crippen LogP) is 2.10. The average molecular weight is 567 g/mol. The minimum atomic E-state index is -4.07. The van der Waals surface area contributed by atoms with Gasteiger partial charge in [0.25, 0.3) is 5.91 Å². The summed E-state index contributed by atoms with van der Waals surface area (Å²) in [4.78, 5) is 44.4. The van der Waals surface area contributed by atoms with Crippen LogP contribution in [0, 0.1) is 5.92 Å². The molecule has 2 aromatic carbocycles. The van der Waals surface area contributed by atoms with Crippen LogP contribution < -0.4 is 10.2 Å². The molecule has 212 valence electrons. The van der Waals surface area contributed by atoms with Gasteiger partial charge in [-0.05, 0) is 56.8 Å². The van der Waals surface area contributed by atoms with E-state index >= 15 is 0 Å². The normalized spacial score (nSPS) is 27.6. The molecule has 10 nitrogen and oxygen atoms in total. The molecule has 11 heteroatoms. The predicted molar refractivity (Wildman–Crippen MR) is 147 cm³/mol. The maximum absolute atomic E-state index is 14.4. The number of rotatable bonds is 3. The summed E-state index contributed by atoms with van der Waals surface area (Å²) in [6.07, 6.45) is 3.39. The number of hydrogen-bond donors (Lipinski definition) is 1. The summed E-state index contributed by atoms with van der Waals surface area (Å²) in [6, 6.07) is 13.9. The smallest absolute Gasteiger partial charge is 0.339 e. The van der Waals surface area contributed by atoms with Crippen LogP contribution in [0.1, 0.15) is 48.0 Å². The van der Waals surface area contributed by atoms with Crippen molar-refractivity contribution in [3.63, 3.8) is 0 Å². The number of carbonyl (C=O) groups is 3. The summed E-state index contributed by atoms with van der Waals surface area (Å²) in [7, 11) is -2.85. The summed E-state index contributed by atoms with van der Waals surface area (Å²) >= 11 is 0. The molecule has 40 heavy (non-hydrogen) atoms. The average Bonchev–Trinajstić information content (AvgIpc) is 3.62. The first-order valence-corrected chi connectivity index (χ1v) is 15.4. The molecular weight excluding hydrogens is 532 g/mol. The van der Waals surface area contributed by atoms with E-state index in [1.165, 1.54) is 23.5 Å². The molecule has 3 atom stereocenters. The molecule has 0 saturated carbocycles. The van der Waals surface area contributed by atoms with E-state index in [1.54, 1.807) is 17.0 Å². The number of nitrogens with zero attached hydrogens (tertiary/aromatic N) is 3. The van der Waals surface area contributed by atoms with Gasteiger partial charge in [0.15, 0.2) is 0 Å². The molecule has 2 bridgehead atoms. The van der Waals surface area contributed by atoms with Crippen LogP contribution in [-0.4, -0.2) is 81.3 Å². The molecule has 2 amide bonds. The minimum Gasteiger partial charge on any atom is -0.465 e. The van der Waals surface area contributed by atoms with Crippen molar-refractivity contribution in [2.45, 2.75) is 48.6 Å². The van der Waals surface area contributed by atoms with Gasteiger partial charge < -0.3 is 15.0 Å². The highest BCUT2D eigenvalue weighted by molar-refractivity contribution is 7.89. The van der Waals surface area contributed by atoms with Crippen LogP contribution in [0.25, 0.3) is 0 Å². The second-order valence-electron chi connectivity index (χ2n) is 10.9. The second kappa shape index (κ2) is 10.3. The maximum Gasteiger partial charge on any atom is 0.339 e. The maximum atomic E-state index is 14.4. The van der Waals surface area contributed by atoms with E-state index in [-0.39, 0.29) is 47.9 Å². The summed E-state index contributed by atoms with van der Waals surface area (Å²) in [5.74, 6) is -1.50. The van der Waals surface area contributed by atoms with Crippen molar-refractivity contribution >= 4 is 33.5 Å². The third-order valence-electron chi connectivity index (χ3n) is 8.92. The van der Waals surface area contributed by atoms with Gasteiger partial charge in [-0.3, -0.25) is 14.5 Å². The summed E-state index contributed by atoms with van der Waals surface area (Å²) < 4.78 is 33.8. The molecular formula is C29H34N4O6S. The van der Waals surface area contributed by atoms with Gasteiger partial charge >= 0.3 is 5.97 Å². The zero-order valence-corrected chi connectivity index (χ0v) is 23.4. The summed E-state index contributed by atoms with van der Waals surface area (Å²) in [5.41, 5.74) is 0.611. The van der Waals surface area contributed by atoms with Crippen LogP contribution in [0.15, 0.2) is 53.4 Å². The third-order valence-corrected chi connectivity index (χ3v) is 10.9. The first-order valence-electron chi connectivity index (χ1n) is 13.9. The number of nitrogens with one attached hydrogen (secondary N) is 1. The van der Waals surface area contributed by atoms with Crippen LogP contribution in [0.5, 0.6) is 0 Å². The van der Waals surface area contributed by atoms with E-state index in [0.717, 1.165) is 30.6 Å². The van der Waals surface area contributed by atoms with Gasteiger partial charge in [0, 0.05) is 43.5 Å². The quantitative estimate of drug-likeness (QED) is 0.566. The third kappa shape index (κ3) is 3.97. The van der Waals surface area contributed by atoms with E-state index in [0.29, 0.717) is 25.8 Å². The topological polar surface area (TPSA) is 116 Å². The first kappa shape index (κ1) is 26.9. The zero-order chi connectivity index (χ0) is 28.1. The number of methoxy groups -OCH3 is 1. The molecule has 0 radical (unpaired) electrons. The van der Waals surface area contributed by atoms with E-state index in [4.69, 9.17) is 4.74 Å². The molecule has 1 N–H and O–H groups in total. The standard InChI is InChI=1S/C29H34N4O6S/c1-39-27(35)21-10-2-5-13-25(21)40(37,38)31-15-7-14-30-26(34)23-19-20-9-6-18-33(20)29(23)22-11-3-4-12-24(22)32(28(29)36)17-8-16-31/h2-5,10-13,20,23H,6-9,14-19H2,1H3,(H,30,34)/t20-,23-,29+/m0/s1. The number of anilines is 1. The van der Waals surface area contributed by atoms with Gasteiger partial charge in [-0.2, -0.15) is 4.31 Å². The fraction of sp³-hybridized carbons (Fsp3) is 0.483. The number of benzene rings is 2. The van der Waals surface area contributed by atoms with Crippen LogP contribution >= 0.6 is 0 Å². The van der Waals surface area contributed by atoms with Crippen LogP contribution in [0.2, 0.25) is 0 Å². The minimum absolute atomic E-state index is 0.0280. The van der Waals surface area contributed by atoms with Gasteiger partial charge in [-0.15, -0.1) is 0 Å². The van der Waals surface area contributed by atoms with Crippen molar-refractivity contribution in [2.24, 2.45) is 5.92 Å². The lowest BCUT2D eigenvalue weighted by atomic mass is 9.78. The van der Waals surface area contributed by atoms with Crippen LogP contribution in [0.3, 0.4) is 0 Å². The molecule has 2 aromatic rings. The Morgan fingerprint density at radius 2 is 1.73 bits per heavy atom. The summed E-state index contributed by atoms with van der Waals surface area (Å²) in [5, 5.41) is 3.03. The van der Waals surface area contributed by atoms with Crippen LogP contribution in [0.4, 0.5) is 5.69 Å². The Labute approximate surface area is 234 Å². The number of carbonyl (C=O) groups excluding carboxylic acids is 3. The molecule has 0 aromatic heterocycles. The molecule has 4 heterocycles. The van der Waals surface area contributed by atoms with Crippen molar-refractivity contribution in [2.75, 3.05) is 44.7 Å². The van der Waals surface area contributed by atoms with Crippen LogP contribution in [-0.2, 0) is 29.9 Å². The van der Waals surface area contributed by atoms with Gasteiger partial charge in [0.1, 0.15) is 5.54 Å². The molecule has 1 spiro atoms. The largest absolute Gasteiger partial charge is 0.465 e. The van der Waals surface area contributed by atoms with Crippen molar-refractivity contribution in [1.82, 2.24) is 14.5 Å². The molecule has 4 aliphatic rings. The Bertz CT molecular complexity index is 1460. The Morgan fingerprint density at radius 3 is 2.55 bits per heavy atom. The monoisotopic (exact) mass is 566 g/mol. The molecule has 3 fully saturated rings. The highest BCUT2D eigenvalue weighted by Gasteiger charge is 2.67. The van der Waals surface area contributed by atoms with Crippen molar-refractivity contribution in [3.8, 4) is 0 Å². The van der Waals surface area contributed by atoms with Crippen molar-refractivity contribution < 1.29 is 27.5 Å². The highest BCUT2D eigenvalue weighted by atomic mass is 32.2. The molecule has 0 aliphatic carbocycles. The van der Waals surface area contributed by atoms with Crippen molar-refractivity contribution in [3.05, 3.63) is 59.7 Å². The number of esters is 1. The summed E-state index contributed by atoms with van der Waals surface area (Å²) in [6.45, 7) is 1.68. The highest BCUT2D eigenvalue weighted by Crippen LogP contribution is 2.57. The number of ether oxygens (including phenoxy) is 1. The SMILES string of the molecule is COC(=O)c1ccccc1S(=O)(=O)N1CCCNC(=O)[C@@H]2C[C@@H]3CCCN3[C@@]23C(=O)N(CCC1)c1ccccc13. The fourth-order valence-corrected chi connectivity index (χ4v) is 8.94. The zero-order valence-electron chi connectivity index (χ0n) is 22.5. The molecule has 0 unspecified atom stereocenters.